The smallest absolute Gasteiger partial charge is 0.340 e. The van der Waals surface area contributed by atoms with Gasteiger partial charge in [-0.1, -0.05) is 35.9 Å². The largest absolute Gasteiger partial charge is 0.482 e. The van der Waals surface area contributed by atoms with E-state index in [0.29, 0.717) is 17.1 Å². The zero-order chi connectivity index (χ0) is 26.6. The lowest BCUT2D eigenvalue weighted by molar-refractivity contribution is -0.118. The summed E-state index contributed by atoms with van der Waals surface area (Å²) in [5.74, 6) is -1.46. The van der Waals surface area contributed by atoms with Gasteiger partial charge in [0.25, 0.3) is 15.9 Å². The number of anilines is 2. The molecule has 11 heteroatoms. The summed E-state index contributed by atoms with van der Waals surface area (Å²) >= 11 is 6.16. The van der Waals surface area contributed by atoms with Crippen LogP contribution in [0.1, 0.15) is 20.7 Å². The summed E-state index contributed by atoms with van der Waals surface area (Å²) in [6.45, 7) is 2.87. The summed E-state index contributed by atoms with van der Waals surface area (Å²) in [7, 11) is -4.09. The molecule has 3 aromatic carbocycles. The fraction of sp³-hybridized carbons (Fsp3) is 0.115. The van der Waals surface area contributed by atoms with Gasteiger partial charge in [0.05, 0.1) is 33.4 Å². The number of Topliss-reactive ketones (excluding diaryl/α,β-unsaturated/α-hetero) is 1. The zero-order valence-electron chi connectivity index (χ0n) is 19.3. The Balaban J connectivity index is 1.52. The van der Waals surface area contributed by atoms with Crippen molar-refractivity contribution in [2.24, 2.45) is 0 Å². The minimum atomic E-state index is -4.09. The second-order valence-corrected chi connectivity index (χ2v) is 10.1. The van der Waals surface area contributed by atoms with Crippen LogP contribution in [-0.4, -0.2) is 45.8 Å². The Labute approximate surface area is 218 Å². The molecule has 1 heterocycles. The first-order valence-electron chi connectivity index (χ1n) is 11.0. The van der Waals surface area contributed by atoms with E-state index in [4.69, 9.17) is 21.1 Å². The number of nitrogens with zero attached hydrogens (tertiary/aromatic N) is 1. The topological polar surface area (TPSA) is 119 Å². The number of hydrogen-bond acceptors (Lipinski definition) is 7. The highest BCUT2D eigenvalue weighted by molar-refractivity contribution is 7.92. The first-order valence-corrected chi connectivity index (χ1v) is 12.8. The molecule has 37 heavy (non-hydrogen) atoms. The molecule has 4 rings (SSSR count). The third-order valence-electron chi connectivity index (χ3n) is 5.35. The number of rotatable bonds is 9. The van der Waals surface area contributed by atoms with Crippen LogP contribution in [-0.2, 0) is 19.6 Å². The molecule has 3 aromatic rings. The first-order chi connectivity index (χ1) is 17.7. The fourth-order valence-electron chi connectivity index (χ4n) is 3.55. The molecule has 0 aliphatic carbocycles. The molecule has 190 valence electrons. The van der Waals surface area contributed by atoms with E-state index in [2.05, 4.69) is 11.9 Å². The van der Waals surface area contributed by atoms with Crippen LogP contribution in [0.2, 0.25) is 5.02 Å². The molecular formula is C26H21ClN2O7S. The van der Waals surface area contributed by atoms with Gasteiger partial charge in [0.1, 0.15) is 5.75 Å². The number of ketones is 1. The maximum Gasteiger partial charge on any atom is 0.340 e. The SMILES string of the molecule is C=CCN(c1ccccc1)S(=O)(=O)c1ccc(Cl)c(C(=O)OCC(=O)c2ccc3c(c2)NC(=O)CO3)c1. The van der Waals surface area contributed by atoms with Gasteiger partial charge >= 0.3 is 5.97 Å². The summed E-state index contributed by atoms with van der Waals surface area (Å²) in [4.78, 5) is 36.7. The maximum atomic E-state index is 13.4. The van der Waals surface area contributed by atoms with Crippen molar-refractivity contribution in [3.8, 4) is 5.75 Å². The van der Waals surface area contributed by atoms with Gasteiger partial charge in [0.2, 0.25) is 0 Å². The van der Waals surface area contributed by atoms with Crippen molar-refractivity contribution in [2.45, 2.75) is 4.90 Å². The van der Waals surface area contributed by atoms with E-state index in [1.165, 1.54) is 36.4 Å². The first kappa shape index (κ1) is 25.9. The van der Waals surface area contributed by atoms with E-state index in [0.717, 1.165) is 10.4 Å². The highest BCUT2D eigenvalue weighted by atomic mass is 35.5. The summed E-state index contributed by atoms with van der Waals surface area (Å²) in [6, 6.07) is 16.5. The van der Waals surface area contributed by atoms with Crippen molar-refractivity contribution in [1.82, 2.24) is 0 Å². The average molecular weight is 541 g/mol. The predicted molar refractivity (Wildman–Crippen MR) is 138 cm³/mol. The van der Waals surface area contributed by atoms with Gasteiger partial charge in [-0.05, 0) is 48.5 Å². The van der Waals surface area contributed by atoms with Crippen LogP contribution < -0.4 is 14.4 Å². The van der Waals surface area contributed by atoms with E-state index in [1.807, 2.05) is 0 Å². The number of fused-ring (bicyclic) bond motifs is 1. The van der Waals surface area contributed by atoms with Gasteiger partial charge in [-0.2, -0.15) is 0 Å². The number of halogens is 1. The Bertz CT molecular complexity index is 1490. The van der Waals surface area contributed by atoms with Gasteiger partial charge in [0, 0.05) is 5.56 Å². The molecule has 0 bridgehead atoms. The Morgan fingerprint density at radius 2 is 1.86 bits per heavy atom. The summed E-state index contributed by atoms with van der Waals surface area (Å²) in [5, 5.41) is 2.55. The van der Waals surface area contributed by atoms with Gasteiger partial charge < -0.3 is 14.8 Å². The molecule has 0 aromatic heterocycles. The molecule has 1 aliphatic rings. The van der Waals surface area contributed by atoms with E-state index in [-0.39, 0.29) is 40.1 Å². The monoisotopic (exact) mass is 540 g/mol. The third-order valence-corrected chi connectivity index (χ3v) is 7.47. The van der Waals surface area contributed by atoms with E-state index in [9.17, 15) is 22.8 Å². The lowest BCUT2D eigenvalue weighted by atomic mass is 10.1. The lowest BCUT2D eigenvalue weighted by Crippen LogP contribution is -2.31. The van der Waals surface area contributed by atoms with Crippen LogP contribution in [0, 0.1) is 0 Å². The molecule has 1 N–H and O–H groups in total. The van der Waals surface area contributed by atoms with Crippen LogP contribution in [0.4, 0.5) is 11.4 Å². The quantitative estimate of drug-likeness (QED) is 0.246. The van der Waals surface area contributed by atoms with Crippen LogP contribution in [0.5, 0.6) is 5.75 Å². The van der Waals surface area contributed by atoms with E-state index >= 15 is 0 Å². The number of amides is 1. The standard InChI is InChI=1S/C26H21ClN2O7S/c1-2-12-29(18-6-4-3-5-7-18)37(33,34)19-9-10-21(27)20(14-19)26(32)36-15-23(30)17-8-11-24-22(13-17)28-25(31)16-35-24/h2-11,13-14H,1,12,15-16H2,(H,28,31). The second-order valence-electron chi connectivity index (χ2n) is 7.85. The molecular weight excluding hydrogens is 520 g/mol. The van der Waals surface area contributed by atoms with Crippen LogP contribution >= 0.6 is 11.6 Å². The Hall–Kier alpha value is -4.15. The number of sulfonamides is 1. The molecule has 0 atom stereocenters. The van der Waals surface area contributed by atoms with Crippen LogP contribution in [0.3, 0.4) is 0 Å². The highest BCUT2D eigenvalue weighted by Gasteiger charge is 2.27. The van der Waals surface area contributed by atoms with E-state index < -0.39 is 28.4 Å². The van der Waals surface area contributed by atoms with Crippen molar-refractivity contribution in [1.29, 1.82) is 0 Å². The normalized spacial score (nSPS) is 12.5. The van der Waals surface area contributed by atoms with Crippen LogP contribution in [0.15, 0.2) is 84.3 Å². The van der Waals surface area contributed by atoms with Crippen molar-refractivity contribution in [3.63, 3.8) is 0 Å². The number of esters is 1. The molecule has 0 spiro atoms. The number of carbonyl (C=O) groups excluding carboxylic acids is 3. The molecule has 1 amide bonds. The number of benzene rings is 3. The van der Waals surface area contributed by atoms with Gasteiger partial charge in [-0.3, -0.25) is 13.9 Å². The van der Waals surface area contributed by atoms with Crippen LogP contribution in [0.25, 0.3) is 0 Å². The molecule has 0 saturated heterocycles. The molecule has 9 nitrogen and oxygen atoms in total. The van der Waals surface area contributed by atoms with Gasteiger partial charge in [-0.25, -0.2) is 13.2 Å². The lowest BCUT2D eigenvalue weighted by Gasteiger charge is -2.23. The van der Waals surface area contributed by atoms with Crippen molar-refractivity contribution in [3.05, 3.63) is 95.5 Å². The van der Waals surface area contributed by atoms with Crippen molar-refractivity contribution in [2.75, 3.05) is 29.4 Å². The molecule has 0 saturated carbocycles. The molecule has 0 unspecified atom stereocenters. The maximum absolute atomic E-state index is 13.4. The highest BCUT2D eigenvalue weighted by Crippen LogP contribution is 2.29. The van der Waals surface area contributed by atoms with E-state index in [1.54, 1.807) is 30.3 Å². The number of carbonyl (C=O) groups is 3. The molecule has 1 aliphatic heterocycles. The van der Waals surface area contributed by atoms with Crippen molar-refractivity contribution >= 4 is 50.7 Å². The summed E-state index contributed by atoms with van der Waals surface area (Å²) in [6.07, 6.45) is 1.44. The Morgan fingerprint density at radius 1 is 1.11 bits per heavy atom. The van der Waals surface area contributed by atoms with Gasteiger partial charge in [-0.15, -0.1) is 6.58 Å². The predicted octanol–water partition coefficient (Wildman–Crippen LogP) is 4.09. The number of hydrogen-bond donors (Lipinski definition) is 1. The minimum Gasteiger partial charge on any atom is -0.482 e. The Morgan fingerprint density at radius 3 is 2.59 bits per heavy atom. The molecule has 0 fully saturated rings. The number of nitrogens with one attached hydrogen (secondary N) is 1. The van der Waals surface area contributed by atoms with Crippen molar-refractivity contribution < 1.29 is 32.3 Å². The summed E-state index contributed by atoms with van der Waals surface area (Å²) < 4.78 is 38.3. The number of ether oxygens (including phenoxy) is 2. The third kappa shape index (κ3) is 5.65. The van der Waals surface area contributed by atoms with Gasteiger partial charge in [0.15, 0.2) is 19.0 Å². The average Bonchev–Trinajstić information content (AvgIpc) is 2.90. The fourth-order valence-corrected chi connectivity index (χ4v) is 5.21. The summed E-state index contributed by atoms with van der Waals surface area (Å²) in [5.41, 5.74) is 0.714. The Kier molecular flexibility index (Phi) is 7.61. The minimum absolute atomic E-state index is 0.00444. The number of para-hydroxylation sites is 1. The zero-order valence-corrected chi connectivity index (χ0v) is 20.9. The second kappa shape index (κ2) is 10.9. The molecule has 0 radical (unpaired) electrons.